The van der Waals surface area contributed by atoms with Crippen LogP contribution in [0.4, 0.5) is 5.82 Å². The number of anilines is 1. The fraction of sp³-hybridized carbons (Fsp3) is 0.615. The molecule has 0 aliphatic carbocycles. The van der Waals surface area contributed by atoms with E-state index >= 15 is 0 Å². The standard InChI is InChI=1S/C13H22ClN3O/c1-13(2,3)16-9-11-10(14)5-6-12(17-11)15-7-8-18-4/h5-6,16H,7-9H2,1-4H3,(H,15,17). The Morgan fingerprint density at radius 1 is 1.33 bits per heavy atom. The lowest BCUT2D eigenvalue weighted by Crippen LogP contribution is -2.35. The number of nitrogens with zero attached hydrogens (tertiary/aromatic N) is 1. The summed E-state index contributed by atoms with van der Waals surface area (Å²) in [6.45, 7) is 8.38. The van der Waals surface area contributed by atoms with Crippen LogP contribution in [0.2, 0.25) is 5.02 Å². The van der Waals surface area contributed by atoms with Gasteiger partial charge in [-0.3, -0.25) is 0 Å². The molecule has 1 aromatic heterocycles. The zero-order chi connectivity index (χ0) is 13.6. The number of halogens is 1. The molecule has 0 aliphatic rings. The molecule has 0 radical (unpaired) electrons. The summed E-state index contributed by atoms with van der Waals surface area (Å²) in [7, 11) is 1.68. The van der Waals surface area contributed by atoms with Gasteiger partial charge in [0.2, 0.25) is 0 Å². The Morgan fingerprint density at radius 2 is 2.06 bits per heavy atom. The lowest BCUT2D eigenvalue weighted by Gasteiger charge is -2.20. The smallest absolute Gasteiger partial charge is 0.126 e. The number of nitrogens with one attached hydrogen (secondary N) is 2. The molecule has 0 unspecified atom stereocenters. The summed E-state index contributed by atoms with van der Waals surface area (Å²) in [6, 6.07) is 3.74. The van der Waals surface area contributed by atoms with Crippen LogP contribution < -0.4 is 10.6 Å². The third-order valence-electron chi connectivity index (χ3n) is 2.32. The van der Waals surface area contributed by atoms with Crippen LogP contribution in [0, 0.1) is 0 Å². The first-order valence-electron chi connectivity index (χ1n) is 6.05. The van der Waals surface area contributed by atoms with E-state index in [1.54, 1.807) is 7.11 Å². The molecule has 0 atom stereocenters. The zero-order valence-corrected chi connectivity index (χ0v) is 12.3. The summed E-state index contributed by atoms with van der Waals surface area (Å²) in [5.74, 6) is 0.821. The Balaban J connectivity index is 2.63. The Kier molecular flexibility index (Phi) is 5.85. The molecule has 0 bridgehead atoms. The van der Waals surface area contributed by atoms with E-state index in [0.29, 0.717) is 18.2 Å². The van der Waals surface area contributed by atoms with E-state index in [-0.39, 0.29) is 5.54 Å². The maximum absolute atomic E-state index is 6.13. The van der Waals surface area contributed by atoms with E-state index in [1.807, 2.05) is 12.1 Å². The molecule has 0 aliphatic heterocycles. The molecule has 0 fully saturated rings. The van der Waals surface area contributed by atoms with Crippen LogP contribution >= 0.6 is 11.6 Å². The van der Waals surface area contributed by atoms with E-state index < -0.39 is 0 Å². The maximum Gasteiger partial charge on any atom is 0.126 e. The molecular weight excluding hydrogens is 250 g/mol. The van der Waals surface area contributed by atoms with Crippen LogP contribution in [-0.4, -0.2) is 30.8 Å². The number of aromatic nitrogens is 1. The van der Waals surface area contributed by atoms with Crippen LogP contribution in [0.3, 0.4) is 0 Å². The van der Waals surface area contributed by atoms with E-state index in [0.717, 1.165) is 18.1 Å². The Labute approximate surface area is 114 Å². The SMILES string of the molecule is COCCNc1ccc(Cl)c(CNC(C)(C)C)n1. The highest BCUT2D eigenvalue weighted by Crippen LogP contribution is 2.17. The fourth-order valence-electron chi connectivity index (χ4n) is 1.34. The van der Waals surface area contributed by atoms with Crippen LogP contribution in [0.1, 0.15) is 26.5 Å². The highest BCUT2D eigenvalue weighted by Gasteiger charge is 2.11. The molecule has 4 nitrogen and oxygen atoms in total. The molecule has 0 spiro atoms. The van der Waals surface area contributed by atoms with Gasteiger partial charge in [0.05, 0.1) is 17.3 Å². The number of methoxy groups -OCH3 is 1. The van der Waals surface area contributed by atoms with Crippen molar-refractivity contribution in [2.45, 2.75) is 32.9 Å². The van der Waals surface area contributed by atoms with Crippen molar-refractivity contribution in [1.82, 2.24) is 10.3 Å². The largest absolute Gasteiger partial charge is 0.383 e. The average molecular weight is 272 g/mol. The van der Waals surface area contributed by atoms with Crippen LogP contribution in [0.15, 0.2) is 12.1 Å². The van der Waals surface area contributed by atoms with Gasteiger partial charge < -0.3 is 15.4 Å². The Hall–Kier alpha value is -0.840. The molecule has 102 valence electrons. The topological polar surface area (TPSA) is 46.2 Å². The predicted octanol–water partition coefficient (Wildman–Crippen LogP) is 2.68. The van der Waals surface area contributed by atoms with Gasteiger partial charge in [0.1, 0.15) is 5.82 Å². The van der Waals surface area contributed by atoms with E-state index in [2.05, 4.69) is 36.4 Å². The van der Waals surface area contributed by atoms with Gasteiger partial charge in [0, 0.05) is 25.7 Å². The van der Waals surface area contributed by atoms with Crippen molar-refractivity contribution in [2.24, 2.45) is 0 Å². The van der Waals surface area contributed by atoms with Gasteiger partial charge in [-0.2, -0.15) is 0 Å². The summed E-state index contributed by atoms with van der Waals surface area (Å²) >= 11 is 6.13. The minimum atomic E-state index is 0.0461. The van der Waals surface area contributed by atoms with E-state index in [1.165, 1.54) is 0 Å². The molecular formula is C13H22ClN3O. The second-order valence-electron chi connectivity index (χ2n) is 5.15. The van der Waals surface area contributed by atoms with Crippen LogP contribution in [0.25, 0.3) is 0 Å². The summed E-state index contributed by atoms with van der Waals surface area (Å²) in [5.41, 5.74) is 0.902. The molecule has 1 heterocycles. The lowest BCUT2D eigenvalue weighted by atomic mass is 10.1. The van der Waals surface area contributed by atoms with Crippen molar-refractivity contribution >= 4 is 17.4 Å². The molecule has 0 aromatic carbocycles. The van der Waals surface area contributed by atoms with Gasteiger partial charge in [-0.05, 0) is 32.9 Å². The van der Waals surface area contributed by atoms with Gasteiger partial charge in [-0.1, -0.05) is 11.6 Å². The highest BCUT2D eigenvalue weighted by molar-refractivity contribution is 6.31. The minimum absolute atomic E-state index is 0.0461. The normalized spacial score (nSPS) is 11.6. The fourth-order valence-corrected chi connectivity index (χ4v) is 1.51. The van der Waals surface area contributed by atoms with Crippen molar-refractivity contribution < 1.29 is 4.74 Å². The molecule has 1 aromatic rings. The summed E-state index contributed by atoms with van der Waals surface area (Å²) in [5, 5.41) is 7.25. The summed E-state index contributed by atoms with van der Waals surface area (Å²) < 4.78 is 4.98. The summed E-state index contributed by atoms with van der Waals surface area (Å²) in [4.78, 5) is 4.49. The molecule has 5 heteroatoms. The van der Waals surface area contributed by atoms with Gasteiger partial charge in [-0.15, -0.1) is 0 Å². The van der Waals surface area contributed by atoms with Crippen molar-refractivity contribution in [2.75, 3.05) is 25.6 Å². The highest BCUT2D eigenvalue weighted by atomic mass is 35.5. The third kappa shape index (κ3) is 5.67. The first-order valence-corrected chi connectivity index (χ1v) is 6.43. The van der Waals surface area contributed by atoms with Crippen molar-refractivity contribution in [3.05, 3.63) is 22.8 Å². The predicted molar refractivity (Wildman–Crippen MR) is 76.2 cm³/mol. The first kappa shape index (κ1) is 15.2. The third-order valence-corrected chi connectivity index (χ3v) is 2.66. The molecule has 0 saturated carbocycles. The van der Waals surface area contributed by atoms with Crippen molar-refractivity contribution in [3.8, 4) is 0 Å². The van der Waals surface area contributed by atoms with E-state index in [9.17, 15) is 0 Å². The Bertz CT molecular complexity index is 377. The molecule has 1 rings (SSSR count). The molecule has 2 N–H and O–H groups in total. The second-order valence-corrected chi connectivity index (χ2v) is 5.56. The van der Waals surface area contributed by atoms with Gasteiger partial charge in [0.15, 0.2) is 0 Å². The summed E-state index contributed by atoms with van der Waals surface area (Å²) in [6.07, 6.45) is 0. The minimum Gasteiger partial charge on any atom is -0.383 e. The first-order chi connectivity index (χ1) is 8.42. The number of hydrogen-bond donors (Lipinski definition) is 2. The van der Waals surface area contributed by atoms with Crippen LogP contribution in [0.5, 0.6) is 0 Å². The second kappa shape index (κ2) is 6.92. The number of pyridine rings is 1. The van der Waals surface area contributed by atoms with Gasteiger partial charge in [0.25, 0.3) is 0 Å². The Morgan fingerprint density at radius 3 is 2.67 bits per heavy atom. The molecule has 0 amide bonds. The maximum atomic E-state index is 6.13. The van der Waals surface area contributed by atoms with Crippen molar-refractivity contribution in [1.29, 1.82) is 0 Å². The number of ether oxygens (including phenoxy) is 1. The molecule has 18 heavy (non-hydrogen) atoms. The lowest BCUT2D eigenvalue weighted by molar-refractivity contribution is 0.210. The monoisotopic (exact) mass is 271 g/mol. The van der Waals surface area contributed by atoms with Gasteiger partial charge in [-0.25, -0.2) is 4.98 Å². The van der Waals surface area contributed by atoms with Gasteiger partial charge >= 0.3 is 0 Å². The quantitative estimate of drug-likeness (QED) is 0.781. The van der Waals surface area contributed by atoms with Crippen molar-refractivity contribution in [3.63, 3.8) is 0 Å². The number of rotatable bonds is 6. The van der Waals surface area contributed by atoms with Crippen LogP contribution in [-0.2, 0) is 11.3 Å². The molecule has 0 saturated heterocycles. The zero-order valence-electron chi connectivity index (χ0n) is 11.5. The van der Waals surface area contributed by atoms with E-state index in [4.69, 9.17) is 16.3 Å². The number of hydrogen-bond acceptors (Lipinski definition) is 4. The average Bonchev–Trinajstić information content (AvgIpc) is 2.29.